The van der Waals surface area contributed by atoms with E-state index in [1.165, 1.54) is 0 Å². The van der Waals surface area contributed by atoms with Crippen molar-refractivity contribution in [3.8, 4) is 0 Å². The summed E-state index contributed by atoms with van der Waals surface area (Å²) in [5.41, 5.74) is 2.17. The van der Waals surface area contributed by atoms with E-state index in [0.29, 0.717) is 10.2 Å². The molecule has 0 unspecified atom stereocenters. The van der Waals surface area contributed by atoms with E-state index in [9.17, 15) is 8.42 Å². The Morgan fingerprint density at radius 3 is 2.58 bits per heavy atom. The normalized spacial score (nSPS) is 11.3. The second-order valence-electron chi connectivity index (χ2n) is 4.18. The molecule has 0 amide bonds. The largest absolute Gasteiger partial charge is 0.279 e. The minimum atomic E-state index is -3.61. The van der Waals surface area contributed by atoms with Crippen molar-refractivity contribution >= 4 is 31.6 Å². The molecule has 0 aliphatic carbocycles. The second kappa shape index (κ2) is 5.30. The smallest absolute Gasteiger partial charge is 0.263 e. The Balaban J connectivity index is 2.44. The number of sulfonamides is 1. The van der Waals surface area contributed by atoms with E-state index in [0.717, 1.165) is 11.1 Å². The third-order valence-electron chi connectivity index (χ3n) is 2.71. The lowest BCUT2D eigenvalue weighted by Crippen LogP contribution is -2.14. The van der Waals surface area contributed by atoms with E-state index in [1.54, 1.807) is 37.5 Å². The van der Waals surface area contributed by atoms with Crippen molar-refractivity contribution in [3.05, 3.63) is 52.3 Å². The number of nitrogens with one attached hydrogen (secondary N) is 1. The fourth-order valence-electron chi connectivity index (χ4n) is 1.62. The fraction of sp³-hybridized carbons (Fsp3) is 0.154. The number of aromatic nitrogens is 1. The van der Waals surface area contributed by atoms with Gasteiger partial charge >= 0.3 is 0 Å². The lowest BCUT2D eigenvalue weighted by Gasteiger charge is -2.12. The van der Waals surface area contributed by atoms with Crippen molar-refractivity contribution in [2.24, 2.45) is 0 Å². The molecule has 1 N–H and O–H groups in total. The molecule has 0 radical (unpaired) electrons. The predicted molar refractivity (Wildman–Crippen MR) is 78.7 cm³/mol. The van der Waals surface area contributed by atoms with Crippen molar-refractivity contribution in [2.45, 2.75) is 18.7 Å². The van der Waals surface area contributed by atoms with Crippen LogP contribution in [0.25, 0.3) is 0 Å². The van der Waals surface area contributed by atoms with Crippen LogP contribution in [0.5, 0.6) is 0 Å². The summed E-state index contributed by atoms with van der Waals surface area (Å²) in [6, 6.07) is 6.77. The topological polar surface area (TPSA) is 59.1 Å². The minimum Gasteiger partial charge on any atom is -0.279 e. The molecule has 0 bridgehead atoms. The first-order chi connectivity index (χ1) is 8.92. The summed E-state index contributed by atoms with van der Waals surface area (Å²) in [7, 11) is -3.61. The van der Waals surface area contributed by atoms with Crippen molar-refractivity contribution in [2.75, 3.05) is 4.72 Å². The first-order valence-corrected chi connectivity index (χ1v) is 7.88. The van der Waals surface area contributed by atoms with Gasteiger partial charge < -0.3 is 0 Å². The quantitative estimate of drug-likeness (QED) is 0.932. The van der Waals surface area contributed by atoms with Crippen molar-refractivity contribution in [3.63, 3.8) is 0 Å². The standard InChI is InChI=1S/C13H13BrN2O2S/c1-9-4-3-5-12(13(9)14)19(17,18)16-11-6-7-15-8-10(11)2/h3-8H,1-2H3,(H,15,16). The highest BCUT2D eigenvalue weighted by Crippen LogP contribution is 2.27. The Kier molecular flexibility index (Phi) is 3.91. The molecule has 0 aliphatic heterocycles. The molecule has 0 atom stereocenters. The number of benzene rings is 1. The molecule has 1 heterocycles. The van der Waals surface area contributed by atoms with E-state index in [-0.39, 0.29) is 4.90 Å². The summed E-state index contributed by atoms with van der Waals surface area (Å²) in [5, 5.41) is 0. The fourth-order valence-corrected chi connectivity index (χ4v) is 3.80. The van der Waals surface area contributed by atoms with Crippen LogP contribution in [-0.2, 0) is 10.0 Å². The lowest BCUT2D eigenvalue weighted by atomic mass is 10.2. The van der Waals surface area contributed by atoms with Gasteiger partial charge in [0.05, 0.1) is 5.69 Å². The minimum absolute atomic E-state index is 0.226. The van der Waals surface area contributed by atoms with Gasteiger partial charge in [-0.2, -0.15) is 0 Å². The predicted octanol–water partition coefficient (Wildman–Crippen LogP) is 3.26. The van der Waals surface area contributed by atoms with Crippen LogP contribution >= 0.6 is 15.9 Å². The van der Waals surface area contributed by atoms with Gasteiger partial charge in [-0.3, -0.25) is 9.71 Å². The van der Waals surface area contributed by atoms with Gasteiger partial charge in [0.1, 0.15) is 4.90 Å². The molecular weight excluding hydrogens is 328 g/mol. The van der Waals surface area contributed by atoms with Gasteiger partial charge in [-0.1, -0.05) is 12.1 Å². The van der Waals surface area contributed by atoms with Gasteiger partial charge in [0.2, 0.25) is 0 Å². The number of pyridine rings is 1. The SMILES string of the molecule is Cc1cnccc1NS(=O)(=O)c1cccc(C)c1Br. The Morgan fingerprint density at radius 2 is 1.89 bits per heavy atom. The van der Waals surface area contributed by atoms with Gasteiger partial charge in [0.25, 0.3) is 10.0 Å². The molecular formula is C13H13BrN2O2S. The van der Waals surface area contributed by atoms with Crippen LogP contribution in [0.4, 0.5) is 5.69 Å². The molecule has 6 heteroatoms. The summed E-state index contributed by atoms with van der Waals surface area (Å²) < 4.78 is 27.9. The van der Waals surface area contributed by atoms with Crippen molar-refractivity contribution < 1.29 is 8.42 Å². The highest BCUT2D eigenvalue weighted by Gasteiger charge is 2.19. The Labute approximate surface area is 121 Å². The van der Waals surface area contributed by atoms with E-state index < -0.39 is 10.0 Å². The van der Waals surface area contributed by atoms with Gasteiger partial charge in [0, 0.05) is 16.9 Å². The van der Waals surface area contributed by atoms with Crippen molar-refractivity contribution in [1.29, 1.82) is 0 Å². The van der Waals surface area contributed by atoms with E-state index in [2.05, 4.69) is 25.6 Å². The Bertz CT molecular complexity index is 714. The zero-order valence-corrected chi connectivity index (χ0v) is 12.9. The van der Waals surface area contributed by atoms with Crippen LogP contribution in [0.2, 0.25) is 0 Å². The van der Waals surface area contributed by atoms with Gasteiger partial charge in [0.15, 0.2) is 0 Å². The van der Waals surface area contributed by atoms with Crippen LogP contribution in [-0.4, -0.2) is 13.4 Å². The molecule has 19 heavy (non-hydrogen) atoms. The number of hydrogen-bond acceptors (Lipinski definition) is 3. The molecule has 4 nitrogen and oxygen atoms in total. The lowest BCUT2D eigenvalue weighted by molar-refractivity contribution is 0.600. The number of rotatable bonds is 3. The molecule has 2 rings (SSSR count). The van der Waals surface area contributed by atoms with E-state index in [4.69, 9.17) is 0 Å². The molecule has 0 saturated carbocycles. The monoisotopic (exact) mass is 340 g/mol. The number of anilines is 1. The molecule has 100 valence electrons. The summed E-state index contributed by atoms with van der Waals surface area (Å²) in [5.74, 6) is 0. The van der Waals surface area contributed by atoms with Gasteiger partial charge in [-0.25, -0.2) is 8.42 Å². The maximum absolute atomic E-state index is 12.4. The maximum atomic E-state index is 12.4. The van der Waals surface area contributed by atoms with Gasteiger partial charge in [-0.05, 0) is 53.0 Å². The van der Waals surface area contributed by atoms with Crippen molar-refractivity contribution in [1.82, 2.24) is 4.98 Å². The first-order valence-electron chi connectivity index (χ1n) is 5.60. The molecule has 2 aromatic rings. The summed E-state index contributed by atoms with van der Waals surface area (Å²) in [6.07, 6.45) is 3.17. The third kappa shape index (κ3) is 2.96. The summed E-state index contributed by atoms with van der Waals surface area (Å²) in [4.78, 5) is 4.16. The first kappa shape index (κ1) is 14.0. The van der Waals surface area contributed by atoms with Crippen LogP contribution in [0, 0.1) is 13.8 Å². The summed E-state index contributed by atoms with van der Waals surface area (Å²) in [6.45, 7) is 3.65. The third-order valence-corrected chi connectivity index (χ3v) is 5.43. The highest BCUT2D eigenvalue weighted by atomic mass is 79.9. The van der Waals surface area contributed by atoms with E-state index >= 15 is 0 Å². The van der Waals surface area contributed by atoms with Crippen LogP contribution < -0.4 is 4.72 Å². The average molecular weight is 341 g/mol. The Morgan fingerprint density at radius 1 is 1.16 bits per heavy atom. The molecule has 0 aliphatic rings. The van der Waals surface area contributed by atoms with E-state index in [1.807, 2.05) is 13.0 Å². The maximum Gasteiger partial charge on any atom is 0.263 e. The van der Waals surface area contributed by atoms with Crippen LogP contribution in [0.15, 0.2) is 46.0 Å². The molecule has 0 spiro atoms. The second-order valence-corrected chi connectivity index (χ2v) is 6.63. The molecule has 0 fully saturated rings. The van der Waals surface area contributed by atoms with Gasteiger partial charge in [-0.15, -0.1) is 0 Å². The molecule has 1 aromatic carbocycles. The summed E-state index contributed by atoms with van der Waals surface area (Å²) >= 11 is 3.32. The average Bonchev–Trinajstić information content (AvgIpc) is 2.35. The molecule has 0 saturated heterocycles. The Hall–Kier alpha value is -1.40. The van der Waals surface area contributed by atoms with Crippen LogP contribution in [0.1, 0.15) is 11.1 Å². The van der Waals surface area contributed by atoms with Crippen LogP contribution in [0.3, 0.4) is 0 Å². The number of hydrogen-bond donors (Lipinski definition) is 1. The number of halogens is 1. The molecule has 1 aromatic heterocycles. The zero-order valence-electron chi connectivity index (χ0n) is 10.5. The highest BCUT2D eigenvalue weighted by molar-refractivity contribution is 9.10. The number of aryl methyl sites for hydroxylation is 2. The zero-order chi connectivity index (χ0) is 14.0. The number of nitrogens with zero attached hydrogens (tertiary/aromatic N) is 1.